The van der Waals surface area contributed by atoms with Gasteiger partial charge in [-0.15, -0.1) is 0 Å². The second-order valence-electron chi connectivity index (χ2n) is 4.99. The molecule has 0 spiro atoms. The van der Waals surface area contributed by atoms with E-state index < -0.39 is 5.97 Å². The monoisotopic (exact) mass is 296 g/mol. The Kier molecular flexibility index (Phi) is 4.62. The Morgan fingerprint density at radius 3 is 2.60 bits per heavy atom. The lowest BCUT2D eigenvalue weighted by molar-refractivity contribution is -0.141. The van der Waals surface area contributed by atoms with Crippen LogP contribution in [0.15, 0.2) is 24.3 Å². The first-order chi connectivity index (χ1) is 9.47. The minimum Gasteiger partial charge on any atom is -0.481 e. The molecule has 1 aromatic rings. The number of hydrogen-bond acceptors (Lipinski definition) is 3. The van der Waals surface area contributed by atoms with E-state index in [1.54, 1.807) is 31.2 Å². The number of carboxylic acids is 1. The summed E-state index contributed by atoms with van der Waals surface area (Å²) in [5, 5.41) is 12.4. The Morgan fingerprint density at radius 1 is 1.40 bits per heavy atom. The van der Waals surface area contributed by atoms with Crippen LogP contribution in [0.4, 0.5) is 5.69 Å². The summed E-state index contributed by atoms with van der Waals surface area (Å²) in [7, 11) is 0. The summed E-state index contributed by atoms with van der Waals surface area (Å²) in [4.78, 5) is 24.9. The average Bonchev–Trinajstić information content (AvgIpc) is 2.90. The molecular formula is C14H17ClN2O3. The minimum absolute atomic E-state index is 0.140. The lowest BCUT2D eigenvalue weighted by Crippen LogP contribution is -2.41. The van der Waals surface area contributed by atoms with Crippen LogP contribution in [0.2, 0.25) is 5.02 Å². The third-order valence-corrected chi connectivity index (χ3v) is 3.86. The van der Waals surface area contributed by atoms with Gasteiger partial charge in [0.25, 0.3) is 0 Å². The van der Waals surface area contributed by atoms with Gasteiger partial charge < -0.3 is 10.4 Å². The molecule has 1 saturated heterocycles. The van der Waals surface area contributed by atoms with E-state index in [-0.39, 0.29) is 17.9 Å². The zero-order valence-electron chi connectivity index (χ0n) is 11.2. The van der Waals surface area contributed by atoms with Crippen molar-refractivity contribution >= 4 is 29.2 Å². The largest absolute Gasteiger partial charge is 0.481 e. The van der Waals surface area contributed by atoms with Crippen LogP contribution < -0.4 is 5.32 Å². The lowest BCUT2D eigenvalue weighted by Gasteiger charge is -2.23. The summed E-state index contributed by atoms with van der Waals surface area (Å²) in [5.74, 6) is -1.31. The Labute approximate surface area is 122 Å². The zero-order valence-corrected chi connectivity index (χ0v) is 11.9. The second kappa shape index (κ2) is 6.24. The molecule has 20 heavy (non-hydrogen) atoms. The van der Waals surface area contributed by atoms with Crippen molar-refractivity contribution in [2.45, 2.75) is 19.4 Å². The lowest BCUT2D eigenvalue weighted by atomic mass is 10.1. The third-order valence-electron chi connectivity index (χ3n) is 3.61. The number of carbonyl (C=O) groups is 2. The van der Waals surface area contributed by atoms with E-state index in [2.05, 4.69) is 5.32 Å². The van der Waals surface area contributed by atoms with E-state index in [0.717, 1.165) is 0 Å². The number of carbonyl (C=O) groups excluding carboxylic acids is 1. The number of nitrogens with zero attached hydrogens (tertiary/aromatic N) is 1. The number of hydrogen-bond donors (Lipinski definition) is 2. The van der Waals surface area contributed by atoms with Crippen LogP contribution in [0, 0.1) is 5.92 Å². The average molecular weight is 297 g/mol. The maximum atomic E-state index is 12.1. The number of likely N-dealkylation sites (tertiary alicyclic amines) is 1. The molecule has 2 rings (SSSR count). The Morgan fingerprint density at radius 2 is 2.05 bits per heavy atom. The molecular weight excluding hydrogens is 280 g/mol. The third kappa shape index (κ3) is 3.49. The summed E-state index contributed by atoms with van der Waals surface area (Å²) in [5.41, 5.74) is 0.681. The zero-order chi connectivity index (χ0) is 14.7. The molecule has 108 valence electrons. The van der Waals surface area contributed by atoms with E-state index in [1.165, 1.54) is 0 Å². The van der Waals surface area contributed by atoms with Crippen LogP contribution in [0.1, 0.15) is 13.3 Å². The number of benzene rings is 1. The summed E-state index contributed by atoms with van der Waals surface area (Å²) < 4.78 is 0. The van der Waals surface area contributed by atoms with Gasteiger partial charge in [-0.3, -0.25) is 14.5 Å². The predicted molar refractivity (Wildman–Crippen MR) is 76.9 cm³/mol. The first-order valence-electron chi connectivity index (χ1n) is 6.50. The van der Waals surface area contributed by atoms with E-state index in [0.29, 0.717) is 30.2 Å². The molecule has 6 heteroatoms. The van der Waals surface area contributed by atoms with Gasteiger partial charge in [0.15, 0.2) is 0 Å². The van der Waals surface area contributed by atoms with Gasteiger partial charge in [0.1, 0.15) is 0 Å². The number of amides is 1. The maximum absolute atomic E-state index is 12.1. The predicted octanol–water partition coefficient (Wildman–Crippen LogP) is 2.07. The molecule has 0 radical (unpaired) electrons. The van der Waals surface area contributed by atoms with Crippen molar-refractivity contribution in [3.8, 4) is 0 Å². The standard InChI is InChI=1S/C14H17ClN2O3/c1-9(17-7-6-10(8-17)14(19)20)13(18)16-12-4-2-11(15)3-5-12/h2-5,9-10H,6-8H2,1H3,(H,16,18)(H,19,20). The fourth-order valence-electron chi connectivity index (χ4n) is 2.29. The van der Waals surface area contributed by atoms with Crippen LogP contribution in [-0.2, 0) is 9.59 Å². The van der Waals surface area contributed by atoms with Gasteiger partial charge in [-0.1, -0.05) is 11.6 Å². The Balaban J connectivity index is 1.92. The van der Waals surface area contributed by atoms with Gasteiger partial charge in [-0.05, 0) is 44.2 Å². The van der Waals surface area contributed by atoms with Crippen molar-refractivity contribution in [2.75, 3.05) is 18.4 Å². The number of nitrogens with one attached hydrogen (secondary N) is 1. The van der Waals surface area contributed by atoms with Gasteiger partial charge in [0.2, 0.25) is 5.91 Å². The van der Waals surface area contributed by atoms with Crippen LogP contribution in [0.5, 0.6) is 0 Å². The molecule has 5 nitrogen and oxygen atoms in total. The molecule has 2 N–H and O–H groups in total. The summed E-state index contributed by atoms with van der Waals surface area (Å²) in [6.45, 7) is 2.84. The SMILES string of the molecule is CC(C(=O)Nc1ccc(Cl)cc1)N1CCC(C(=O)O)C1. The van der Waals surface area contributed by atoms with Crippen molar-refractivity contribution in [3.63, 3.8) is 0 Å². The molecule has 0 aromatic heterocycles. The molecule has 2 unspecified atom stereocenters. The van der Waals surface area contributed by atoms with Gasteiger partial charge >= 0.3 is 5.97 Å². The molecule has 1 amide bonds. The highest BCUT2D eigenvalue weighted by molar-refractivity contribution is 6.30. The summed E-state index contributed by atoms with van der Waals surface area (Å²) >= 11 is 5.78. The smallest absolute Gasteiger partial charge is 0.307 e. The van der Waals surface area contributed by atoms with Crippen LogP contribution in [0.25, 0.3) is 0 Å². The minimum atomic E-state index is -0.794. The molecule has 1 aliphatic heterocycles. The van der Waals surface area contributed by atoms with Crippen LogP contribution in [-0.4, -0.2) is 41.0 Å². The number of anilines is 1. The molecule has 2 atom stereocenters. The van der Waals surface area contributed by atoms with Crippen molar-refractivity contribution in [1.82, 2.24) is 4.90 Å². The quantitative estimate of drug-likeness (QED) is 0.892. The van der Waals surface area contributed by atoms with Crippen LogP contribution in [0.3, 0.4) is 0 Å². The summed E-state index contributed by atoms with van der Waals surface area (Å²) in [6.07, 6.45) is 0.591. The molecule has 0 aliphatic carbocycles. The van der Waals surface area contributed by atoms with Crippen molar-refractivity contribution in [3.05, 3.63) is 29.3 Å². The van der Waals surface area contributed by atoms with E-state index in [4.69, 9.17) is 16.7 Å². The molecule has 1 aromatic carbocycles. The maximum Gasteiger partial charge on any atom is 0.307 e. The van der Waals surface area contributed by atoms with Gasteiger partial charge in [0.05, 0.1) is 12.0 Å². The molecule has 0 bridgehead atoms. The molecule has 0 saturated carbocycles. The summed E-state index contributed by atoms with van der Waals surface area (Å²) in [6, 6.07) is 6.53. The van der Waals surface area contributed by atoms with Crippen molar-refractivity contribution in [1.29, 1.82) is 0 Å². The normalized spacial score (nSPS) is 20.6. The van der Waals surface area contributed by atoms with E-state index in [9.17, 15) is 9.59 Å². The fraction of sp³-hybridized carbons (Fsp3) is 0.429. The van der Waals surface area contributed by atoms with Gasteiger partial charge in [-0.2, -0.15) is 0 Å². The number of rotatable bonds is 4. The Hall–Kier alpha value is -1.59. The highest BCUT2D eigenvalue weighted by Gasteiger charge is 2.33. The fourth-order valence-corrected chi connectivity index (χ4v) is 2.41. The van der Waals surface area contributed by atoms with Crippen LogP contribution >= 0.6 is 11.6 Å². The first-order valence-corrected chi connectivity index (χ1v) is 6.88. The molecule has 1 aliphatic rings. The Bertz CT molecular complexity index is 504. The first kappa shape index (κ1) is 14.8. The highest BCUT2D eigenvalue weighted by atomic mass is 35.5. The van der Waals surface area contributed by atoms with Gasteiger partial charge in [-0.25, -0.2) is 0 Å². The highest BCUT2D eigenvalue weighted by Crippen LogP contribution is 2.20. The number of halogens is 1. The number of carboxylic acid groups (broad SMARTS) is 1. The van der Waals surface area contributed by atoms with E-state index in [1.807, 2.05) is 4.90 Å². The second-order valence-corrected chi connectivity index (χ2v) is 5.43. The van der Waals surface area contributed by atoms with Crippen molar-refractivity contribution in [2.24, 2.45) is 5.92 Å². The number of aliphatic carboxylic acids is 1. The van der Waals surface area contributed by atoms with E-state index >= 15 is 0 Å². The topological polar surface area (TPSA) is 69.6 Å². The van der Waals surface area contributed by atoms with Gasteiger partial charge in [0, 0.05) is 17.3 Å². The van der Waals surface area contributed by atoms with Crippen molar-refractivity contribution < 1.29 is 14.7 Å². The molecule has 1 fully saturated rings. The molecule has 1 heterocycles.